The molecule has 2 saturated heterocycles. The Morgan fingerprint density at radius 2 is 2.00 bits per heavy atom. The molecule has 2 amide bonds. The number of hydrogen-bond acceptors (Lipinski definition) is 5. The summed E-state index contributed by atoms with van der Waals surface area (Å²) in [4.78, 5) is 28.9. The summed E-state index contributed by atoms with van der Waals surface area (Å²) in [6.45, 7) is 3.50. The lowest BCUT2D eigenvalue weighted by Crippen LogP contribution is -2.51. The van der Waals surface area contributed by atoms with Crippen molar-refractivity contribution in [2.45, 2.75) is 94.7 Å². The first-order chi connectivity index (χ1) is 14.9. The van der Waals surface area contributed by atoms with E-state index in [0.717, 1.165) is 51.6 Å². The lowest BCUT2D eigenvalue weighted by atomic mass is 9.77. The summed E-state index contributed by atoms with van der Waals surface area (Å²) in [5, 5.41) is 15.8. The van der Waals surface area contributed by atoms with Crippen LogP contribution in [0, 0.1) is 11.8 Å². The number of rotatable bonds is 5. The number of nitrogens with one attached hydrogen (secondary N) is 2. The molecule has 4 rings (SSSR count). The third kappa shape index (κ3) is 4.91. The summed E-state index contributed by atoms with van der Waals surface area (Å²) in [6, 6.07) is 0.569. The molecular weight excluding hydrogens is 399 g/mol. The molecule has 0 radical (unpaired) electrons. The fourth-order valence-corrected chi connectivity index (χ4v) is 6.46. The van der Waals surface area contributed by atoms with Crippen LogP contribution in [-0.2, 0) is 9.59 Å². The average molecular weight is 439 g/mol. The van der Waals surface area contributed by atoms with Crippen molar-refractivity contribution in [2.24, 2.45) is 11.8 Å². The van der Waals surface area contributed by atoms with Crippen molar-refractivity contribution in [3.05, 3.63) is 0 Å². The topological polar surface area (TPSA) is 84.9 Å². The largest absolute Gasteiger partial charge is 0.387 e. The second-order valence-corrected chi connectivity index (χ2v) is 10.3. The second-order valence-electron chi connectivity index (χ2n) is 10.3. The van der Waals surface area contributed by atoms with E-state index in [1.54, 1.807) is 11.9 Å². The average Bonchev–Trinajstić information content (AvgIpc) is 3.44. The van der Waals surface area contributed by atoms with Gasteiger partial charge in [-0.15, -0.1) is 0 Å². The summed E-state index contributed by atoms with van der Waals surface area (Å²) in [5.74, 6) is 0.203. The minimum atomic E-state index is -0.787. The van der Waals surface area contributed by atoms with Crippen LogP contribution in [0.4, 0.5) is 4.39 Å². The zero-order valence-electron chi connectivity index (χ0n) is 18.9. The highest BCUT2D eigenvalue weighted by atomic mass is 19.1. The minimum absolute atomic E-state index is 0.0289. The third-order valence-corrected chi connectivity index (χ3v) is 8.44. The fourth-order valence-electron chi connectivity index (χ4n) is 6.46. The molecule has 4 aliphatic rings. The zero-order valence-corrected chi connectivity index (χ0v) is 18.9. The number of aliphatic hydroxyl groups is 1. The molecule has 176 valence electrons. The molecule has 4 fully saturated rings. The summed E-state index contributed by atoms with van der Waals surface area (Å²) in [6.07, 6.45) is 6.37. The van der Waals surface area contributed by atoms with Gasteiger partial charge in [0.25, 0.3) is 0 Å². The van der Waals surface area contributed by atoms with Crippen molar-refractivity contribution in [2.75, 3.05) is 26.7 Å². The number of aliphatic hydroxyl groups excluding tert-OH is 1. The molecule has 8 atom stereocenters. The smallest absolute Gasteiger partial charge is 0.248 e. The second kappa shape index (κ2) is 9.71. The van der Waals surface area contributed by atoms with Crippen molar-refractivity contribution < 1.29 is 19.1 Å². The minimum Gasteiger partial charge on any atom is -0.387 e. The van der Waals surface area contributed by atoms with Crippen LogP contribution < -0.4 is 10.6 Å². The normalized spacial score (nSPS) is 41.0. The van der Waals surface area contributed by atoms with Gasteiger partial charge in [0, 0.05) is 50.2 Å². The predicted octanol–water partition coefficient (Wildman–Crippen LogP) is 1.05. The lowest BCUT2D eigenvalue weighted by molar-refractivity contribution is -0.134. The molecule has 0 aromatic rings. The molecule has 0 aromatic heterocycles. The van der Waals surface area contributed by atoms with Crippen molar-refractivity contribution in [3.63, 3.8) is 0 Å². The number of halogens is 1. The van der Waals surface area contributed by atoms with E-state index in [9.17, 15) is 14.0 Å². The number of amides is 2. The van der Waals surface area contributed by atoms with E-state index in [2.05, 4.69) is 22.5 Å². The Morgan fingerprint density at radius 1 is 1.19 bits per heavy atom. The highest BCUT2D eigenvalue weighted by Gasteiger charge is 2.46. The number of likely N-dealkylation sites (N-methyl/N-ethyl adjacent to an activating group) is 1. The Hall–Kier alpha value is -1.25. The Balaban J connectivity index is 1.28. The van der Waals surface area contributed by atoms with Crippen LogP contribution in [0.15, 0.2) is 0 Å². The standard InChI is InChI=1S/C23H39FN4O3/c1-14-6-7-19(24)18-11-20(26-22(14)18)23(31)25-15-4-3-5-16(10-15)28-9-8-17(12-28)27(2)21(30)13-29/h14-20,22,26,29H,3-13H2,1-2H3,(H,25,31)/t14?,15-,16-,17-,18?,19?,20?,22?/m1/s1. The van der Waals surface area contributed by atoms with E-state index in [0.29, 0.717) is 24.8 Å². The first-order valence-corrected chi connectivity index (χ1v) is 12.2. The van der Waals surface area contributed by atoms with Gasteiger partial charge in [0.15, 0.2) is 0 Å². The van der Waals surface area contributed by atoms with Gasteiger partial charge in [0.2, 0.25) is 11.8 Å². The van der Waals surface area contributed by atoms with Gasteiger partial charge in [0.05, 0.1) is 6.04 Å². The van der Waals surface area contributed by atoms with Gasteiger partial charge >= 0.3 is 0 Å². The van der Waals surface area contributed by atoms with Crippen molar-refractivity contribution in [1.82, 2.24) is 20.4 Å². The first kappa shape index (κ1) is 22.9. The van der Waals surface area contributed by atoms with Crippen LogP contribution >= 0.6 is 0 Å². The van der Waals surface area contributed by atoms with E-state index in [1.165, 1.54) is 0 Å². The molecule has 2 aliphatic carbocycles. The third-order valence-electron chi connectivity index (χ3n) is 8.44. The molecule has 5 unspecified atom stereocenters. The van der Waals surface area contributed by atoms with Crippen molar-refractivity contribution >= 4 is 11.8 Å². The van der Waals surface area contributed by atoms with Gasteiger partial charge in [-0.25, -0.2) is 4.39 Å². The monoisotopic (exact) mass is 438 g/mol. The first-order valence-electron chi connectivity index (χ1n) is 12.2. The summed E-state index contributed by atoms with van der Waals surface area (Å²) >= 11 is 0. The van der Waals surface area contributed by atoms with Crippen LogP contribution in [0.2, 0.25) is 0 Å². The maximum atomic E-state index is 14.4. The summed E-state index contributed by atoms with van der Waals surface area (Å²) < 4.78 is 14.4. The fraction of sp³-hybridized carbons (Fsp3) is 0.913. The number of hydrogen-bond donors (Lipinski definition) is 3. The lowest BCUT2D eigenvalue weighted by Gasteiger charge is -2.36. The van der Waals surface area contributed by atoms with E-state index < -0.39 is 12.8 Å². The highest BCUT2D eigenvalue weighted by molar-refractivity contribution is 5.82. The molecule has 0 aromatic carbocycles. The Morgan fingerprint density at radius 3 is 2.74 bits per heavy atom. The molecule has 0 spiro atoms. The quantitative estimate of drug-likeness (QED) is 0.598. The van der Waals surface area contributed by atoms with Gasteiger partial charge in [-0.3, -0.25) is 14.5 Å². The Labute approximate surface area is 185 Å². The van der Waals surface area contributed by atoms with Crippen molar-refractivity contribution in [3.8, 4) is 0 Å². The predicted molar refractivity (Wildman–Crippen MR) is 116 cm³/mol. The Bertz CT molecular complexity index is 647. The maximum Gasteiger partial charge on any atom is 0.248 e. The Kier molecular flexibility index (Phi) is 7.18. The molecule has 2 heterocycles. The van der Waals surface area contributed by atoms with Crippen LogP contribution in [0.3, 0.4) is 0 Å². The molecule has 31 heavy (non-hydrogen) atoms. The van der Waals surface area contributed by atoms with E-state index in [1.807, 2.05) is 0 Å². The molecule has 2 aliphatic heterocycles. The highest BCUT2D eigenvalue weighted by Crippen LogP contribution is 2.38. The van der Waals surface area contributed by atoms with E-state index in [-0.39, 0.29) is 41.9 Å². The molecule has 0 bridgehead atoms. The molecule has 2 saturated carbocycles. The molecule has 8 heteroatoms. The van der Waals surface area contributed by atoms with Crippen LogP contribution in [-0.4, -0.2) is 89.8 Å². The molecule has 7 nitrogen and oxygen atoms in total. The molecule has 3 N–H and O–H groups in total. The van der Waals surface area contributed by atoms with E-state index in [4.69, 9.17) is 5.11 Å². The number of alkyl halides is 1. The van der Waals surface area contributed by atoms with Gasteiger partial charge in [-0.1, -0.05) is 6.92 Å². The van der Waals surface area contributed by atoms with Crippen molar-refractivity contribution in [1.29, 1.82) is 0 Å². The van der Waals surface area contributed by atoms with Gasteiger partial charge in [0.1, 0.15) is 12.8 Å². The van der Waals surface area contributed by atoms with Crippen LogP contribution in [0.5, 0.6) is 0 Å². The summed E-state index contributed by atoms with van der Waals surface area (Å²) in [7, 11) is 1.77. The van der Waals surface area contributed by atoms with Gasteiger partial charge in [-0.05, 0) is 57.3 Å². The van der Waals surface area contributed by atoms with Gasteiger partial charge in [-0.2, -0.15) is 0 Å². The summed E-state index contributed by atoms with van der Waals surface area (Å²) in [5.41, 5.74) is 0. The number of fused-ring (bicyclic) bond motifs is 1. The zero-order chi connectivity index (χ0) is 22.1. The number of likely N-dealkylation sites (tertiary alicyclic amines) is 1. The van der Waals surface area contributed by atoms with Crippen LogP contribution in [0.25, 0.3) is 0 Å². The maximum absolute atomic E-state index is 14.4. The number of carbonyl (C=O) groups excluding carboxylic acids is 2. The van der Waals surface area contributed by atoms with Crippen LogP contribution in [0.1, 0.15) is 58.3 Å². The number of carbonyl (C=O) groups is 2. The van der Waals surface area contributed by atoms with E-state index >= 15 is 0 Å². The number of nitrogens with zero attached hydrogens (tertiary/aromatic N) is 2. The molecular formula is C23H39FN4O3. The SMILES string of the molecule is CC1CCC(F)C2CC(C(=O)N[C@@H]3CCC[C@@H](N4CC[C@@H](N(C)C(=O)CO)C4)C3)NC12. The van der Waals surface area contributed by atoms with Gasteiger partial charge < -0.3 is 20.6 Å².